The van der Waals surface area contributed by atoms with E-state index in [-0.39, 0.29) is 17.6 Å². The number of nitrogens with zero attached hydrogens (tertiary/aromatic N) is 3. The van der Waals surface area contributed by atoms with Crippen molar-refractivity contribution < 1.29 is 9.18 Å². The van der Waals surface area contributed by atoms with E-state index in [0.717, 1.165) is 25.2 Å². The number of amides is 1. The Morgan fingerprint density at radius 3 is 3.00 bits per heavy atom. The highest BCUT2D eigenvalue weighted by Crippen LogP contribution is 2.24. The van der Waals surface area contributed by atoms with Crippen molar-refractivity contribution >= 4 is 11.7 Å². The summed E-state index contributed by atoms with van der Waals surface area (Å²) >= 11 is 0. The SMILES string of the molecule is CC(C)CNC(=O)[C@@H]1CCCN(c2ccnc(-c3cccc(F)c3)n2)C1. The fraction of sp³-hybridized carbons (Fsp3) is 0.450. The average Bonchev–Trinajstić information content (AvgIpc) is 2.66. The molecule has 138 valence electrons. The topological polar surface area (TPSA) is 58.1 Å². The van der Waals surface area contributed by atoms with E-state index in [1.54, 1.807) is 18.3 Å². The summed E-state index contributed by atoms with van der Waals surface area (Å²) in [6.45, 7) is 6.37. The van der Waals surface area contributed by atoms with Gasteiger partial charge in [-0.05, 0) is 37.0 Å². The summed E-state index contributed by atoms with van der Waals surface area (Å²) < 4.78 is 13.5. The molecule has 0 bridgehead atoms. The summed E-state index contributed by atoms with van der Waals surface area (Å²) in [4.78, 5) is 23.4. The second kappa shape index (κ2) is 8.25. The Bertz CT molecular complexity index is 765. The van der Waals surface area contributed by atoms with Gasteiger partial charge in [0, 0.05) is 31.4 Å². The summed E-state index contributed by atoms with van der Waals surface area (Å²) in [6.07, 6.45) is 3.52. The highest BCUT2D eigenvalue weighted by atomic mass is 19.1. The first-order chi connectivity index (χ1) is 12.5. The lowest BCUT2D eigenvalue weighted by molar-refractivity contribution is -0.125. The molecule has 26 heavy (non-hydrogen) atoms. The van der Waals surface area contributed by atoms with Crippen LogP contribution in [0, 0.1) is 17.7 Å². The van der Waals surface area contributed by atoms with Crippen LogP contribution in [0.25, 0.3) is 11.4 Å². The molecule has 2 aromatic rings. The number of carbonyl (C=O) groups is 1. The van der Waals surface area contributed by atoms with Gasteiger partial charge in [-0.15, -0.1) is 0 Å². The number of rotatable bonds is 5. The van der Waals surface area contributed by atoms with Crippen LogP contribution in [-0.4, -0.2) is 35.5 Å². The Kier molecular flexibility index (Phi) is 5.81. The summed E-state index contributed by atoms with van der Waals surface area (Å²) in [5, 5.41) is 3.03. The van der Waals surface area contributed by atoms with Crippen LogP contribution in [-0.2, 0) is 4.79 Å². The molecule has 0 aliphatic carbocycles. The third-order valence-corrected chi connectivity index (χ3v) is 4.52. The molecule has 1 fully saturated rings. The fourth-order valence-corrected chi connectivity index (χ4v) is 3.14. The molecule has 1 atom stereocenters. The number of piperidine rings is 1. The molecule has 3 rings (SSSR count). The minimum atomic E-state index is -0.309. The molecule has 2 heterocycles. The van der Waals surface area contributed by atoms with Crippen LogP contribution in [0.1, 0.15) is 26.7 Å². The minimum Gasteiger partial charge on any atom is -0.356 e. The molecular formula is C20H25FN4O. The van der Waals surface area contributed by atoms with E-state index in [1.807, 2.05) is 6.07 Å². The normalized spacial score (nSPS) is 17.4. The molecule has 1 aliphatic heterocycles. The van der Waals surface area contributed by atoms with Gasteiger partial charge in [-0.2, -0.15) is 0 Å². The van der Waals surface area contributed by atoms with Crippen molar-refractivity contribution in [2.24, 2.45) is 11.8 Å². The van der Waals surface area contributed by atoms with Crippen LogP contribution in [0.15, 0.2) is 36.5 Å². The number of hydrogen-bond acceptors (Lipinski definition) is 4. The molecule has 0 saturated carbocycles. The molecule has 1 N–H and O–H groups in total. The zero-order valence-corrected chi connectivity index (χ0v) is 15.3. The molecule has 1 aliphatic rings. The summed E-state index contributed by atoms with van der Waals surface area (Å²) in [7, 11) is 0. The molecule has 6 heteroatoms. The summed E-state index contributed by atoms with van der Waals surface area (Å²) in [5.74, 6) is 1.48. The molecule has 0 unspecified atom stereocenters. The Balaban J connectivity index is 1.72. The maximum atomic E-state index is 13.5. The largest absolute Gasteiger partial charge is 0.356 e. The number of halogens is 1. The second-order valence-electron chi connectivity index (χ2n) is 7.17. The predicted molar refractivity (Wildman–Crippen MR) is 100 cm³/mol. The second-order valence-corrected chi connectivity index (χ2v) is 7.17. The van der Waals surface area contributed by atoms with Gasteiger partial charge < -0.3 is 10.2 Å². The first-order valence-corrected chi connectivity index (χ1v) is 9.14. The minimum absolute atomic E-state index is 0.0323. The van der Waals surface area contributed by atoms with Gasteiger partial charge in [0.2, 0.25) is 5.91 Å². The van der Waals surface area contributed by atoms with E-state index in [9.17, 15) is 9.18 Å². The van der Waals surface area contributed by atoms with Gasteiger partial charge in [-0.1, -0.05) is 26.0 Å². The Hall–Kier alpha value is -2.50. The van der Waals surface area contributed by atoms with Gasteiger partial charge in [0.05, 0.1) is 5.92 Å². The average molecular weight is 356 g/mol. The Morgan fingerprint density at radius 1 is 1.38 bits per heavy atom. The van der Waals surface area contributed by atoms with Gasteiger partial charge in [0.15, 0.2) is 5.82 Å². The van der Waals surface area contributed by atoms with Crippen molar-refractivity contribution in [3.63, 3.8) is 0 Å². The first-order valence-electron chi connectivity index (χ1n) is 9.14. The predicted octanol–water partition coefficient (Wildman–Crippen LogP) is 3.27. The van der Waals surface area contributed by atoms with Crippen LogP contribution in [0.2, 0.25) is 0 Å². The number of anilines is 1. The van der Waals surface area contributed by atoms with E-state index in [1.165, 1.54) is 12.1 Å². The summed E-state index contributed by atoms with van der Waals surface area (Å²) in [5.41, 5.74) is 0.648. The maximum absolute atomic E-state index is 13.5. The molecule has 5 nitrogen and oxygen atoms in total. The highest BCUT2D eigenvalue weighted by Gasteiger charge is 2.26. The van der Waals surface area contributed by atoms with Crippen molar-refractivity contribution in [1.29, 1.82) is 0 Å². The lowest BCUT2D eigenvalue weighted by atomic mass is 9.97. The number of benzene rings is 1. The molecule has 1 saturated heterocycles. The molecule has 1 aromatic carbocycles. The van der Waals surface area contributed by atoms with Crippen LogP contribution in [0.4, 0.5) is 10.2 Å². The molecular weight excluding hydrogens is 331 g/mol. The van der Waals surface area contributed by atoms with Crippen molar-refractivity contribution in [3.05, 3.63) is 42.3 Å². The maximum Gasteiger partial charge on any atom is 0.224 e. The lowest BCUT2D eigenvalue weighted by Gasteiger charge is -2.33. The van der Waals surface area contributed by atoms with Gasteiger partial charge >= 0.3 is 0 Å². The van der Waals surface area contributed by atoms with Gasteiger partial charge in [0.1, 0.15) is 11.6 Å². The van der Waals surface area contributed by atoms with Crippen LogP contribution in [0.3, 0.4) is 0 Å². The molecule has 1 amide bonds. The van der Waals surface area contributed by atoms with E-state index in [4.69, 9.17) is 0 Å². The smallest absolute Gasteiger partial charge is 0.224 e. The van der Waals surface area contributed by atoms with Crippen LogP contribution >= 0.6 is 0 Å². The van der Waals surface area contributed by atoms with Crippen LogP contribution in [0.5, 0.6) is 0 Å². The summed E-state index contributed by atoms with van der Waals surface area (Å²) in [6, 6.07) is 8.12. The van der Waals surface area contributed by atoms with E-state index in [2.05, 4.69) is 34.0 Å². The third kappa shape index (κ3) is 4.56. The number of carbonyl (C=O) groups excluding carboxylic acids is 1. The van der Waals surface area contributed by atoms with E-state index in [0.29, 0.717) is 30.4 Å². The highest BCUT2D eigenvalue weighted by molar-refractivity contribution is 5.79. The first kappa shape index (κ1) is 18.3. The van der Waals surface area contributed by atoms with Gasteiger partial charge in [0.25, 0.3) is 0 Å². The Labute approximate surface area is 153 Å². The lowest BCUT2D eigenvalue weighted by Crippen LogP contribution is -2.44. The Morgan fingerprint density at radius 2 is 2.23 bits per heavy atom. The molecule has 1 aromatic heterocycles. The van der Waals surface area contributed by atoms with Crippen molar-refractivity contribution in [2.75, 3.05) is 24.5 Å². The van der Waals surface area contributed by atoms with E-state index >= 15 is 0 Å². The van der Waals surface area contributed by atoms with Crippen molar-refractivity contribution in [2.45, 2.75) is 26.7 Å². The zero-order chi connectivity index (χ0) is 18.5. The van der Waals surface area contributed by atoms with Gasteiger partial charge in [-0.25, -0.2) is 14.4 Å². The third-order valence-electron chi connectivity index (χ3n) is 4.52. The number of hydrogen-bond donors (Lipinski definition) is 1. The molecule has 0 radical (unpaired) electrons. The molecule has 0 spiro atoms. The standard InChI is InChI=1S/C20H25FN4O/c1-14(2)12-23-20(26)16-6-4-10-25(13-16)18-8-9-22-19(24-18)15-5-3-7-17(21)11-15/h3,5,7-9,11,14,16H,4,6,10,12-13H2,1-2H3,(H,23,26)/t16-/m1/s1. The monoisotopic (exact) mass is 356 g/mol. The van der Waals surface area contributed by atoms with Crippen LogP contribution < -0.4 is 10.2 Å². The quantitative estimate of drug-likeness (QED) is 0.893. The van der Waals surface area contributed by atoms with Crippen molar-refractivity contribution in [3.8, 4) is 11.4 Å². The van der Waals surface area contributed by atoms with Gasteiger partial charge in [-0.3, -0.25) is 4.79 Å². The van der Waals surface area contributed by atoms with E-state index < -0.39 is 0 Å². The van der Waals surface area contributed by atoms with Crippen molar-refractivity contribution in [1.82, 2.24) is 15.3 Å². The zero-order valence-electron chi connectivity index (χ0n) is 15.3. The number of nitrogens with one attached hydrogen (secondary N) is 1. The fourth-order valence-electron chi connectivity index (χ4n) is 3.14. The number of aromatic nitrogens is 2.